The van der Waals surface area contributed by atoms with Gasteiger partial charge in [-0.25, -0.2) is 8.42 Å². The maximum absolute atomic E-state index is 12.8. The van der Waals surface area contributed by atoms with Crippen molar-refractivity contribution < 1.29 is 13.2 Å². The zero-order chi connectivity index (χ0) is 18.7. The van der Waals surface area contributed by atoms with Gasteiger partial charge in [-0.3, -0.25) is 9.52 Å². The van der Waals surface area contributed by atoms with Gasteiger partial charge in [0.1, 0.15) is 9.90 Å². The van der Waals surface area contributed by atoms with Gasteiger partial charge in [-0.15, -0.1) is 11.3 Å². The van der Waals surface area contributed by atoms with Crippen molar-refractivity contribution in [2.45, 2.75) is 4.90 Å². The minimum absolute atomic E-state index is 0.0263. The second kappa shape index (κ2) is 7.79. The third-order valence-electron chi connectivity index (χ3n) is 3.32. The van der Waals surface area contributed by atoms with Gasteiger partial charge in [0.2, 0.25) is 0 Å². The van der Waals surface area contributed by atoms with Crippen molar-refractivity contribution in [3.63, 3.8) is 0 Å². The van der Waals surface area contributed by atoms with Crippen LogP contribution in [0, 0.1) is 0 Å². The van der Waals surface area contributed by atoms with Crippen LogP contribution >= 0.6 is 38.9 Å². The first-order valence-electron chi connectivity index (χ1n) is 7.29. The molecule has 2 aromatic carbocycles. The van der Waals surface area contributed by atoms with Gasteiger partial charge >= 0.3 is 0 Å². The fraction of sp³-hybridized carbons (Fsp3) is 0. The SMILES string of the molecule is O=C(Nc1ccccc1)c1cc(Br)ccc1S(=O)(=O)Nc1ccc(Cl)s1. The second-order valence-corrected chi connectivity index (χ2v) is 9.45. The molecule has 1 aromatic heterocycles. The first kappa shape index (κ1) is 18.9. The van der Waals surface area contributed by atoms with Crippen LogP contribution in [0.1, 0.15) is 10.4 Å². The molecule has 1 amide bonds. The maximum atomic E-state index is 12.8. The molecule has 5 nitrogen and oxygen atoms in total. The van der Waals surface area contributed by atoms with Crippen LogP contribution in [0.3, 0.4) is 0 Å². The average Bonchev–Trinajstić information content (AvgIpc) is 2.99. The molecule has 3 rings (SSSR count). The number of para-hydroxylation sites is 1. The number of thiophene rings is 1. The van der Waals surface area contributed by atoms with Crippen LogP contribution in [0.25, 0.3) is 0 Å². The molecule has 0 saturated carbocycles. The summed E-state index contributed by atoms with van der Waals surface area (Å²) in [5, 5.41) is 3.06. The van der Waals surface area contributed by atoms with Gasteiger partial charge in [0.05, 0.1) is 9.90 Å². The molecule has 134 valence electrons. The Morgan fingerprint density at radius 2 is 1.77 bits per heavy atom. The quantitative estimate of drug-likeness (QED) is 0.536. The minimum Gasteiger partial charge on any atom is -0.322 e. The first-order valence-corrected chi connectivity index (χ1v) is 10.8. The molecule has 3 aromatic rings. The van der Waals surface area contributed by atoms with Crippen molar-refractivity contribution in [3.05, 3.63) is 75.0 Å². The van der Waals surface area contributed by atoms with Gasteiger partial charge in [-0.1, -0.05) is 45.7 Å². The third-order valence-corrected chi connectivity index (χ3v) is 6.51. The fourth-order valence-corrected chi connectivity index (χ4v) is 4.97. The van der Waals surface area contributed by atoms with Gasteiger partial charge in [0.25, 0.3) is 15.9 Å². The van der Waals surface area contributed by atoms with Crippen LogP contribution in [0.15, 0.2) is 70.0 Å². The van der Waals surface area contributed by atoms with E-state index in [9.17, 15) is 13.2 Å². The van der Waals surface area contributed by atoms with Gasteiger partial charge in [0, 0.05) is 10.2 Å². The summed E-state index contributed by atoms with van der Waals surface area (Å²) in [6, 6.07) is 16.4. The molecular weight excluding hydrogens is 460 g/mol. The number of hydrogen-bond donors (Lipinski definition) is 2. The van der Waals surface area contributed by atoms with Crippen molar-refractivity contribution in [1.82, 2.24) is 0 Å². The molecule has 0 saturated heterocycles. The summed E-state index contributed by atoms with van der Waals surface area (Å²) < 4.78 is 29.0. The van der Waals surface area contributed by atoms with Crippen LogP contribution in [0.4, 0.5) is 10.7 Å². The summed E-state index contributed by atoms with van der Waals surface area (Å²) in [4.78, 5) is 12.5. The van der Waals surface area contributed by atoms with Gasteiger partial charge < -0.3 is 5.32 Å². The molecule has 0 aliphatic rings. The van der Waals surface area contributed by atoms with Gasteiger partial charge in [-0.2, -0.15) is 0 Å². The molecule has 0 aliphatic carbocycles. The number of rotatable bonds is 5. The van der Waals surface area contributed by atoms with E-state index in [1.807, 2.05) is 6.07 Å². The Morgan fingerprint density at radius 1 is 1.04 bits per heavy atom. The molecule has 2 N–H and O–H groups in total. The van der Waals surface area contributed by atoms with E-state index in [4.69, 9.17) is 11.6 Å². The summed E-state index contributed by atoms with van der Waals surface area (Å²) >= 11 is 10.2. The number of benzene rings is 2. The number of nitrogens with one attached hydrogen (secondary N) is 2. The smallest absolute Gasteiger partial charge is 0.263 e. The lowest BCUT2D eigenvalue weighted by Crippen LogP contribution is -2.20. The number of carbonyl (C=O) groups excluding carboxylic acids is 1. The molecule has 9 heteroatoms. The predicted octanol–water partition coefficient (Wildman–Crippen LogP) is 5.22. The number of anilines is 2. The largest absolute Gasteiger partial charge is 0.322 e. The van der Waals surface area contributed by atoms with E-state index in [0.717, 1.165) is 11.3 Å². The van der Waals surface area contributed by atoms with Crippen molar-refractivity contribution >= 4 is 65.5 Å². The summed E-state index contributed by atoms with van der Waals surface area (Å²) in [6.45, 7) is 0. The Kier molecular flexibility index (Phi) is 5.67. The fourth-order valence-electron chi connectivity index (χ4n) is 2.19. The van der Waals surface area contributed by atoms with Gasteiger partial charge in [0.15, 0.2) is 0 Å². The van der Waals surface area contributed by atoms with E-state index < -0.39 is 15.9 Å². The van der Waals surface area contributed by atoms with E-state index in [-0.39, 0.29) is 10.5 Å². The zero-order valence-electron chi connectivity index (χ0n) is 13.1. The van der Waals surface area contributed by atoms with Crippen molar-refractivity contribution in [2.75, 3.05) is 10.0 Å². The monoisotopic (exact) mass is 470 g/mol. The summed E-state index contributed by atoms with van der Waals surface area (Å²) in [7, 11) is -3.96. The highest BCUT2D eigenvalue weighted by Crippen LogP contribution is 2.30. The second-order valence-electron chi connectivity index (χ2n) is 5.17. The molecular formula is C17H12BrClN2O3S2. The summed E-state index contributed by atoms with van der Waals surface area (Å²) in [5.74, 6) is -0.526. The number of hydrogen-bond acceptors (Lipinski definition) is 4. The van der Waals surface area contributed by atoms with Crippen LogP contribution in [-0.4, -0.2) is 14.3 Å². The Morgan fingerprint density at radius 3 is 2.42 bits per heavy atom. The Bertz CT molecular complexity index is 1050. The van der Waals surface area contributed by atoms with Crippen LogP contribution in [0.5, 0.6) is 0 Å². The lowest BCUT2D eigenvalue weighted by atomic mass is 10.2. The molecule has 0 bridgehead atoms. The van der Waals surface area contributed by atoms with Crippen molar-refractivity contribution in [2.24, 2.45) is 0 Å². The number of amides is 1. The average molecular weight is 472 g/mol. The number of sulfonamides is 1. The topological polar surface area (TPSA) is 75.3 Å². The molecule has 0 unspecified atom stereocenters. The lowest BCUT2D eigenvalue weighted by molar-refractivity contribution is 0.102. The highest BCUT2D eigenvalue weighted by Gasteiger charge is 2.23. The van der Waals surface area contributed by atoms with Crippen molar-refractivity contribution in [1.29, 1.82) is 0 Å². The van der Waals surface area contributed by atoms with E-state index in [1.165, 1.54) is 12.1 Å². The summed E-state index contributed by atoms with van der Waals surface area (Å²) in [5.41, 5.74) is 0.595. The lowest BCUT2D eigenvalue weighted by Gasteiger charge is -2.12. The normalized spacial score (nSPS) is 11.2. The number of halogens is 2. The predicted molar refractivity (Wildman–Crippen MR) is 109 cm³/mol. The highest BCUT2D eigenvalue weighted by atomic mass is 79.9. The first-order chi connectivity index (χ1) is 12.3. The van der Waals surface area contributed by atoms with Crippen molar-refractivity contribution in [3.8, 4) is 0 Å². The molecule has 0 fully saturated rings. The number of carbonyl (C=O) groups is 1. The highest BCUT2D eigenvalue weighted by molar-refractivity contribution is 9.10. The molecule has 0 spiro atoms. The zero-order valence-corrected chi connectivity index (χ0v) is 17.0. The van der Waals surface area contributed by atoms with Crippen LogP contribution in [0.2, 0.25) is 4.34 Å². The third kappa shape index (κ3) is 4.45. The summed E-state index contributed by atoms with van der Waals surface area (Å²) in [6.07, 6.45) is 0. The Labute approximate surface area is 168 Å². The standard InChI is InChI=1S/C17H12BrClN2O3S2/c18-11-6-7-14(26(23,24)21-16-9-8-15(19)25-16)13(10-11)17(22)20-12-4-2-1-3-5-12/h1-10,21H,(H,20,22). The van der Waals surface area contributed by atoms with E-state index >= 15 is 0 Å². The molecule has 1 heterocycles. The van der Waals surface area contributed by atoms with E-state index in [2.05, 4.69) is 26.0 Å². The molecule has 0 atom stereocenters. The van der Waals surface area contributed by atoms with Gasteiger partial charge in [-0.05, 0) is 42.5 Å². The Balaban J connectivity index is 1.96. The van der Waals surface area contributed by atoms with Crippen LogP contribution in [-0.2, 0) is 10.0 Å². The molecule has 0 aliphatic heterocycles. The molecule has 0 radical (unpaired) electrons. The minimum atomic E-state index is -3.96. The van der Waals surface area contributed by atoms with E-state index in [0.29, 0.717) is 19.5 Å². The molecule has 26 heavy (non-hydrogen) atoms. The Hall–Kier alpha value is -1.87. The van der Waals surface area contributed by atoms with E-state index in [1.54, 1.807) is 42.5 Å². The maximum Gasteiger partial charge on any atom is 0.263 e. The van der Waals surface area contributed by atoms with Crippen LogP contribution < -0.4 is 10.0 Å².